The summed E-state index contributed by atoms with van der Waals surface area (Å²) in [7, 11) is 0. The van der Waals surface area contributed by atoms with E-state index in [1.165, 1.54) is 75.0 Å². The minimum atomic E-state index is -0.817. The van der Waals surface area contributed by atoms with Gasteiger partial charge < -0.3 is 0 Å². The molecule has 0 aliphatic heterocycles. The molecular formula is C35H38F2. The third-order valence-electron chi connectivity index (χ3n) is 7.60. The van der Waals surface area contributed by atoms with Gasteiger partial charge in [0, 0.05) is 0 Å². The maximum Gasteiger partial charge on any atom is 0.159 e. The molecule has 2 heteroatoms. The third kappa shape index (κ3) is 5.85. The van der Waals surface area contributed by atoms with Crippen LogP contribution in [0.2, 0.25) is 0 Å². The van der Waals surface area contributed by atoms with Crippen molar-refractivity contribution in [3.8, 4) is 22.3 Å². The van der Waals surface area contributed by atoms with Crippen molar-refractivity contribution in [3.63, 3.8) is 0 Å². The normalized spacial score (nSPS) is 11.3. The van der Waals surface area contributed by atoms with Crippen LogP contribution in [0.25, 0.3) is 22.3 Å². The van der Waals surface area contributed by atoms with Crippen LogP contribution < -0.4 is 0 Å². The second-order valence-corrected chi connectivity index (χ2v) is 10.8. The predicted molar refractivity (Wildman–Crippen MR) is 153 cm³/mol. The lowest BCUT2D eigenvalue weighted by molar-refractivity contribution is 0.509. The fourth-order valence-electron chi connectivity index (χ4n) is 6.10. The highest BCUT2D eigenvalue weighted by Gasteiger charge is 2.14. The van der Waals surface area contributed by atoms with Crippen LogP contribution >= 0.6 is 0 Å². The molecule has 0 spiro atoms. The fourth-order valence-corrected chi connectivity index (χ4v) is 6.10. The van der Waals surface area contributed by atoms with Gasteiger partial charge in [0.1, 0.15) is 0 Å². The highest BCUT2D eigenvalue weighted by molar-refractivity contribution is 5.79. The molecule has 0 saturated heterocycles. The van der Waals surface area contributed by atoms with Crippen molar-refractivity contribution in [1.82, 2.24) is 0 Å². The van der Waals surface area contributed by atoms with E-state index in [0.29, 0.717) is 5.56 Å². The lowest BCUT2D eigenvalue weighted by atomic mass is 9.87. The van der Waals surface area contributed by atoms with Crippen molar-refractivity contribution < 1.29 is 8.78 Å². The average molecular weight is 497 g/mol. The van der Waals surface area contributed by atoms with Crippen LogP contribution in [0.15, 0.2) is 54.6 Å². The smallest absolute Gasteiger partial charge is 0.159 e. The zero-order valence-electron chi connectivity index (χ0n) is 23.3. The molecule has 192 valence electrons. The van der Waals surface area contributed by atoms with E-state index in [4.69, 9.17) is 0 Å². The molecule has 0 nitrogen and oxygen atoms in total. The molecule has 4 aromatic rings. The summed E-state index contributed by atoms with van der Waals surface area (Å²) in [6, 6.07) is 17.7. The molecule has 0 bridgehead atoms. The van der Waals surface area contributed by atoms with E-state index in [1.807, 2.05) is 13.8 Å². The largest absolute Gasteiger partial charge is 0.204 e. The quantitative estimate of drug-likeness (QED) is 0.223. The second kappa shape index (κ2) is 11.0. The summed E-state index contributed by atoms with van der Waals surface area (Å²) in [6.45, 7) is 15.1. The van der Waals surface area contributed by atoms with E-state index in [1.54, 1.807) is 6.07 Å². The first-order valence-corrected chi connectivity index (χ1v) is 13.3. The number of benzene rings is 4. The van der Waals surface area contributed by atoms with E-state index in [0.717, 1.165) is 29.5 Å². The van der Waals surface area contributed by atoms with E-state index >= 15 is 0 Å². The van der Waals surface area contributed by atoms with Gasteiger partial charge in [-0.05, 0) is 153 Å². The summed E-state index contributed by atoms with van der Waals surface area (Å²) < 4.78 is 27.4. The summed E-state index contributed by atoms with van der Waals surface area (Å²) in [5.41, 5.74) is 15.8. The zero-order chi connectivity index (χ0) is 26.9. The standard InChI is InChI=1S/C35H38F2/c1-21-14-22(2)31(23(3)15-21)11-9-8-10-28-16-24(4)35(25(5)17-28)30-18-26(6)34(27(7)19-30)29-12-13-32(36)33(37)20-29/h12-20H,8-11H2,1-7H3. The van der Waals surface area contributed by atoms with Gasteiger partial charge >= 0.3 is 0 Å². The van der Waals surface area contributed by atoms with Gasteiger partial charge in [0.15, 0.2) is 11.6 Å². The topological polar surface area (TPSA) is 0 Å². The van der Waals surface area contributed by atoms with Gasteiger partial charge in [0.05, 0.1) is 0 Å². The molecule has 37 heavy (non-hydrogen) atoms. The summed E-state index contributed by atoms with van der Waals surface area (Å²) in [5.74, 6) is -1.63. The molecule has 0 heterocycles. The van der Waals surface area contributed by atoms with E-state index in [9.17, 15) is 8.78 Å². The van der Waals surface area contributed by atoms with Crippen molar-refractivity contribution in [1.29, 1.82) is 0 Å². The molecule has 0 fully saturated rings. The molecule has 0 aliphatic rings. The Balaban J connectivity index is 1.51. The van der Waals surface area contributed by atoms with Crippen molar-refractivity contribution in [2.75, 3.05) is 0 Å². The first-order valence-electron chi connectivity index (χ1n) is 13.3. The van der Waals surface area contributed by atoms with Crippen LogP contribution in [0.4, 0.5) is 8.78 Å². The van der Waals surface area contributed by atoms with Crippen molar-refractivity contribution >= 4 is 0 Å². The molecule has 0 N–H and O–H groups in total. The molecule has 0 aliphatic carbocycles. The summed E-state index contributed by atoms with van der Waals surface area (Å²) in [5, 5.41) is 0. The first-order chi connectivity index (χ1) is 17.5. The molecule has 0 amide bonds. The highest BCUT2D eigenvalue weighted by Crippen LogP contribution is 2.36. The van der Waals surface area contributed by atoms with Gasteiger partial charge in [0.2, 0.25) is 0 Å². The molecule has 0 atom stereocenters. The van der Waals surface area contributed by atoms with Crippen LogP contribution in [-0.2, 0) is 12.8 Å². The van der Waals surface area contributed by atoms with Gasteiger partial charge in [-0.25, -0.2) is 8.78 Å². The van der Waals surface area contributed by atoms with E-state index in [2.05, 4.69) is 71.0 Å². The van der Waals surface area contributed by atoms with Gasteiger partial charge in [-0.1, -0.05) is 48.0 Å². The summed E-state index contributed by atoms with van der Waals surface area (Å²) >= 11 is 0. The molecule has 0 unspecified atom stereocenters. The average Bonchev–Trinajstić information content (AvgIpc) is 2.79. The number of halogens is 2. The Morgan fingerprint density at radius 3 is 1.57 bits per heavy atom. The number of rotatable bonds is 7. The SMILES string of the molecule is Cc1cc(C)c(CCCCc2cc(C)c(-c3cc(C)c(-c4ccc(F)c(F)c4)c(C)c3)c(C)c2)c(C)c1. The summed E-state index contributed by atoms with van der Waals surface area (Å²) in [4.78, 5) is 0. The van der Waals surface area contributed by atoms with Crippen molar-refractivity contribution in [3.05, 3.63) is 116 Å². The van der Waals surface area contributed by atoms with Crippen LogP contribution in [0.1, 0.15) is 62.9 Å². The fraction of sp³-hybridized carbons (Fsp3) is 0.314. The number of aryl methyl sites for hydroxylation is 8. The van der Waals surface area contributed by atoms with Crippen LogP contribution in [-0.4, -0.2) is 0 Å². The van der Waals surface area contributed by atoms with Crippen LogP contribution in [0.3, 0.4) is 0 Å². The lowest BCUT2D eigenvalue weighted by Gasteiger charge is -2.17. The van der Waals surface area contributed by atoms with Gasteiger partial charge in [-0.15, -0.1) is 0 Å². The Hall–Kier alpha value is -3.26. The Morgan fingerprint density at radius 2 is 1.00 bits per heavy atom. The molecule has 4 rings (SSSR count). The Bertz CT molecular complexity index is 1390. The maximum atomic E-state index is 13.9. The Kier molecular flexibility index (Phi) is 7.97. The van der Waals surface area contributed by atoms with E-state index in [-0.39, 0.29) is 0 Å². The number of hydrogen-bond donors (Lipinski definition) is 0. The third-order valence-corrected chi connectivity index (χ3v) is 7.60. The van der Waals surface area contributed by atoms with Gasteiger partial charge in [-0.3, -0.25) is 0 Å². The lowest BCUT2D eigenvalue weighted by Crippen LogP contribution is -1.98. The molecule has 4 aromatic carbocycles. The number of unbranched alkanes of at least 4 members (excludes halogenated alkanes) is 1. The van der Waals surface area contributed by atoms with Gasteiger partial charge in [0.25, 0.3) is 0 Å². The zero-order valence-corrected chi connectivity index (χ0v) is 23.3. The van der Waals surface area contributed by atoms with Crippen LogP contribution in [0, 0.1) is 60.1 Å². The van der Waals surface area contributed by atoms with Crippen molar-refractivity contribution in [2.24, 2.45) is 0 Å². The molecular weight excluding hydrogens is 458 g/mol. The van der Waals surface area contributed by atoms with Crippen molar-refractivity contribution in [2.45, 2.75) is 74.1 Å². The minimum absolute atomic E-state index is 0.709. The van der Waals surface area contributed by atoms with E-state index < -0.39 is 11.6 Å². The van der Waals surface area contributed by atoms with Gasteiger partial charge in [-0.2, -0.15) is 0 Å². The molecule has 0 radical (unpaired) electrons. The maximum absolute atomic E-state index is 13.9. The second-order valence-electron chi connectivity index (χ2n) is 10.8. The molecule has 0 saturated carbocycles. The summed E-state index contributed by atoms with van der Waals surface area (Å²) in [6.07, 6.45) is 4.58. The number of hydrogen-bond acceptors (Lipinski definition) is 0. The van der Waals surface area contributed by atoms with Crippen LogP contribution in [0.5, 0.6) is 0 Å². The minimum Gasteiger partial charge on any atom is -0.204 e. The Morgan fingerprint density at radius 1 is 0.486 bits per heavy atom. The predicted octanol–water partition coefficient (Wildman–Crippen LogP) is 10.0. The Labute approximate surface area is 221 Å². The monoisotopic (exact) mass is 496 g/mol. The highest BCUT2D eigenvalue weighted by atomic mass is 19.2. The molecule has 0 aromatic heterocycles. The first kappa shape index (κ1) is 26.8.